The molecular formula is C15H17N3O4. The number of hydrogen-bond acceptors (Lipinski definition) is 4. The van der Waals surface area contributed by atoms with Crippen LogP contribution in [0, 0.1) is 5.92 Å². The van der Waals surface area contributed by atoms with Crippen LogP contribution in [0.3, 0.4) is 0 Å². The zero-order chi connectivity index (χ0) is 16.3. The van der Waals surface area contributed by atoms with E-state index in [4.69, 9.17) is 5.11 Å². The van der Waals surface area contributed by atoms with Crippen molar-refractivity contribution in [2.45, 2.75) is 13.5 Å². The van der Waals surface area contributed by atoms with E-state index >= 15 is 0 Å². The summed E-state index contributed by atoms with van der Waals surface area (Å²) >= 11 is 0. The van der Waals surface area contributed by atoms with Crippen LogP contribution in [0.25, 0.3) is 10.8 Å². The predicted octanol–water partition coefficient (Wildman–Crippen LogP) is 0.576. The number of aromatic nitrogens is 2. The minimum Gasteiger partial charge on any atom is -0.481 e. The van der Waals surface area contributed by atoms with Gasteiger partial charge in [-0.25, -0.2) is 4.68 Å². The zero-order valence-corrected chi connectivity index (χ0v) is 12.4. The monoisotopic (exact) mass is 303 g/mol. The number of carboxylic acid groups (broad SMARTS) is 1. The topological polar surface area (TPSA) is 92.5 Å². The van der Waals surface area contributed by atoms with Crippen LogP contribution in [-0.4, -0.2) is 45.3 Å². The molecule has 7 heteroatoms. The molecule has 1 N–H and O–H groups in total. The summed E-state index contributed by atoms with van der Waals surface area (Å²) in [6.07, 6.45) is 1.53. The maximum absolute atomic E-state index is 12.3. The molecule has 0 bridgehead atoms. The fourth-order valence-corrected chi connectivity index (χ4v) is 2.08. The number of rotatable bonds is 5. The van der Waals surface area contributed by atoms with Gasteiger partial charge in [-0.05, 0) is 6.07 Å². The molecule has 22 heavy (non-hydrogen) atoms. The van der Waals surface area contributed by atoms with Crippen molar-refractivity contribution >= 4 is 22.6 Å². The van der Waals surface area contributed by atoms with Crippen molar-refractivity contribution in [3.8, 4) is 0 Å². The van der Waals surface area contributed by atoms with Gasteiger partial charge in [0.15, 0.2) is 0 Å². The Balaban J connectivity index is 2.17. The highest BCUT2D eigenvalue weighted by Crippen LogP contribution is 2.06. The molecule has 7 nitrogen and oxygen atoms in total. The summed E-state index contributed by atoms with van der Waals surface area (Å²) < 4.78 is 1.09. The summed E-state index contributed by atoms with van der Waals surface area (Å²) in [6, 6.07) is 7.00. The Morgan fingerprint density at radius 2 is 2.05 bits per heavy atom. The minimum atomic E-state index is -0.972. The molecule has 1 atom stereocenters. The first-order chi connectivity index (χ1) is 10.4. The average Bonchev–Trinajstić information content (AvgIpc) is 2.50. The molecule has 0 saturated carbocycles. The summed E-state index contributed by atoms with van der Waals surface area (Å²) in [4.78, 5) is 36.4. The summed E-state index contributed by atoms with van der Waals surface area (Å²) in [5.41, 5.74) is -0.342. The second-order valence-electron chi connectivity index (χ2n) is 5.21. The van der Waals surface area contributed by atoms with Gasteiger partial charge in [-0.2, -0.15) is 5.10 Å². The van der Waals surface area contributed by atoms with Gasteiger partial charge in [-0.3, -0.25) is 14.4 Å². The Hall–Kier alpha value is -2.70. The van der Waals surface area contributed by atoms with E-state index in [1.165, 1.54) is 25.1 Å². The molecule has 2 aromatic rings. The lowest BCUT2D eigenvalue weighted by atomic mass is 10.2. The van der Waals surface area contributed by atoms with Crippen LogP contribution in [0.2, 0.25) is 0 Å². The minimum absolute atomic E-state index is 0.0799. The molecular weight excluding hydrogens is 286 g/mol. The molecule has 1 aromatic heterocycles. The Bertz CT molecular complexity index is 769. The third-order valence-electron chi connectivity index (χ3n) is 3.44. The van der Waals surface area contributed by atoms with Gasteiger partial charge < -0.3 is 10.0 Å². The first-order valence-electron chi connectivity index (χ1n) is 6.81. The van der Waals surface area contributed by atoms with Crippen LogP contribution < -0.4 is 5.56 Å². The van der Waals surface area contributed by atoms with Crippen LogP contribution in [0.4, 0.5) is 0 Å². The van der Waals surface area contributed by atoms with E-state index in [1.54, 1.807) is 24.3 Å². The van der Waals surface area contributed by atoms with Gasteiger partial charge in [0.1, 0.15) is 6.54 Å². The molecule has 1 heterocycles. The van der Waals surface area contributed by atoms with E-state index in [2.05, 4.69) is 5.10 Å². The summed E-state index contributed by atoms with van der Waals surface area (Å²) in [7, 11) is 1.51. The van der Waals surface area contributed by atoms with E-state index < -0.39 is 11.9 Å². The van der Waals surface area contributed by atoms with Crippen LogP contribution >= 0.6 is 0 Å². The normalized spacial score (nSPS) is 12.1. The Kier molecular flexibility index (Phi) is 4.55. The molecule has 0 fully saturated rings. The van der Waals surface area contributed by atoms with Crippen molar-refractivity contribution in [3.63, 3.8) is 0 Å². The maximum Gasteiger partial charge on any atom is 0.308 e. The smallest absolute Gasteiger partial charge is 0.308 e. The number of nitrogens with zero attached hydrogens (tertiary/aromatic N) is 3. The summed E-state index contributed by atoms with van der Waals surface area (Å²) in [6.45, 7) is 1.38. The van der Waals surface area contributed by atoms with Crippen molar-refractivity contribution in [2.75, 3.05) is 13.6 Å². The van der Waals surface area contributed by atoms with Crippen molar-refractivity contribution < 1.29 is 14.7 Å². The molecule has 0 spiro atoms. The summed E-state index contributed by atoms with van der Waals surface area (Å²) in [5.74, 6) is -2.01. The second-order valence-corrected chi connectivity index (χ2v) is 5.21. The highest BCUT2D eigenvalue weighted by Gasteiger charge is 2.18. The quantitative estimate of drug-likeness (QED) is 0.872. The van der Waals surface area contributed by atoms with Gasteiger partial charge in [-0.1, -0.05) is 25.1 Å². The number of carbonyl (C=O) groups is 2. The first kappa shape index (κ1) is 15.7. The molecule has 116 valence electrons. The lowest BCUT2D eigenvalue weighted by molar-refractivity contribution is -0.142. The van der Waals surface area contributed by atoms with Gasteiger partial charge in [0.05, 0.1) is 17.5 Å². The molecule has 0 saturated heterocycles. The van der Waals surface area contributed by atoms with E-state index in [1.807, 2.05) is 0 Å². The van der Waals surface area contributed by atoms with E-state index in [0.29, 0.717) is 10.8 Å². The number of amides is 1. The van der Waals surface area contributed by atoms with E-state index in [9.17, 15) is 14.4 Å². The van der Waals surface area contributed by atoms with Gasteiger partial charge in [0.25, 0.3) is 5.56 Å². The van der Waals surface area contributed by atoms with E-state index in [0.717, 1.165) is 4.68 Å². The largest absolute Gasteiger partial charge is 0.481 e. The highest BCUT2D eigenvalue weighted by molar-refractivity contribution is 5.81. The standard InChI is InChI=1S/C15H17N3O4/c1-10(15(21)22)8-17(2)13(19)9-18-14(20)12-6-4-3-5-11(12)7-16-18/h3-7,10H,8-9H2,1-2H3,(H,21,22). The number of hydrogen-bond donors (Lipinski definition) is 1. The number of carboxylic acids is 1. The summed E-state index contributed by atoms with van der Waals surface area (Å²) in [5, 5.41) is 14.0. The predicted molar refractivity (Wildman–Crippen MR) is 80.4 cm³/mol. The van der Waals surface area contributed by atoms with Crippen LogP contribution in [-0.2, 0) is 16.1 Å². The van der Waals surface area contributed by atoms with Gasteiger partial charge in [0, 0.05) is 19.0 Å². The van der Waals surface area contributed by atoms with Crippen LogP contribution in [0.1, 0.15) is 6.92 Å². The highest BCUT2D eigenvalue weighted by atomic mass is 16.4. The van der Waals surface area contributed by atoms with Gasteiger partial charge >= 0.3 is 5.97 Å². The molecule has 1 unspecified atom stereocenters. The molecule has 0 aliphatic carbocycles. The zero-order valence-electron chi connectivity index (χ0n) is 12.4. The third-order valence-corrected chi connectivity index (χ3v) is 3.44. The Morgan fingerprint density at radius 1 is 1.36 bits per heavy atom. The number of benzene rings is 1. The van der Waals surface area contributed by atoms with Crippen molar-refractivity contribution in [2.24, 2.45) is 5.92 Å². The van der Waals surface area contributed by atoms with Crippen molar-refractivity contribution in [1.29, 1.82) is 0 Å². The van der Waals surface area contributed by atoms with Gasteiger partial charge in [0.2, 0.25) is 5.91 Å². The lowest BCUT2D eigenvalue weighted by Gasteiger charge is -2.19. The number of aliphatic carboxylic acids is 1. The molecule has 2 rings (SSSR count). The number of carbonyl (C=O) groups excluding carboxylic acids is 1. The Morgan fingerprint density at radius 3 is 2.73 bits per heavy atom. The third kappa shape index (κ3) is 3.30. The van der Waals surface area contributed by atoms with E-state index in [-0.39, 0.29) is 24.6 Å². The molecule has 0 aliphatic rings. The fraction of sp³-hybridized carbons (Fsp3) is 0.333. The lowest BCUT2D eigenvalue weighted by Crippen LogP contribution is -2.38. The maximum atomic E-state index is 12.3. The van der Waals surface area contributed by atoms with Gasteiger partial charge in [-0.15, -0.1) is 0 Å². The first-order valence-corrected chi connectivity index (χ1v) is 6.81. The molecule has 1 amide bonds. The van der Waals surface area contributed by atoms with Crippen LogP contribution in [0.15, 0.2) is 35.3 Å². The second kappa shape index (κ2) is 6.38. The van der Waals surface area contributed by atoms with Crippen molar-refractivity contribution in [1.82, 2.24) is 14.7 Å². The average molecular weight is 303 g/mol. The number of likely N-dealkylation sites (N-methyl/N-ethyl adjacent to an activating group) is 1. The fourth-order valence-electron chi connectivity index (χ4n) is 2.08. The number of fused-ring (bicyclic) bond motifs is 1. The van der Waals surface area contributed by atoms with Crippen LogP contribution in [0.5, 0.6) is 0 Å². The SMILES string of the molecule is CC(CN(C)C(=O)Cn1ncc2ccccc2c1=O)C(=O)O. The Labute approximate surface area is 126 Å². The molecule has 0 radical (unpaired) electrons. The molecule has 1 aromatic carbocycles. The van der Waals surface area contributed by atoms with Crippen molar-refractivity contribution in [3.05, 3.63) is 40.8 Å². The molecule has 0 aliphatic heterocycles.